The van der Waals surface area contributed by atoms with Crippen LogP contribution >= 0.6 is 23.3 Å². The second-order valence-corrected chi connectivity index (χ2v) is 9.51. The predicted molar refractivity (Wildman–Crippen MR) is 127 cm³/mol. The van der Waals surface area contributed by atoms with Gasteiger partial charge in [-0.3, -0.25) is 19.7 Å². The van der Waals surface area contributed by atoms with E-state index in [0.717, 1.165) is 10.6 Å². The largest absolute Gasteiger partial charge is 0.481 e. The van der Waals surface area contributed by atoms with E-state index in [4.69, 9.17) is 4.74 Å². The zero-order valence-electron chi connectivity index (χ0n) is 17.9. The van der Waals surface area contributed by atoms with E-state index < -0.39 is 29.9 Å². The molecular formula is C23H28N2O5S2. The number of anilines is 1. The molecule has 1 aliphatic rings. The van der Waals surface area contributed by atoms with Crippen LogP contribution in [0, 0.1) is 5.92 Å². The summed E-state index contributed by atoms with van der Waals surface area (Å²) in [5.74, 6) is -1.83. The Morgan fingerprint density at radius 2 is 2.03 bits per heavy atom. The number of aryl methyl sites for hydroxylation is 1. The van der Waals surface area contributed by atoms with Gasteiger partial charge in [0.25, 0.3) is 0 Å². The second-order valence-electron chi connectivity index (χ2n) is 7.55. The third-order valence-electron chi connectivity index (χ3n) is 5.24. The van der Waals surface area contributed by atoms with Crippen LogP contribution in [-0.2, 0) is 25.5 Å². The van der Waals surface area contributed by atoms with Gasteiger partial charge >= 0.3 is 11.9 Å². The number of carboxylic acid groups (broad SMARTS) is 1. The molecule has 9 heteroatoms. The number of rotatable bonds is 10. The summed E-state index contributed by atoms with van der Waals surface area (Å²) in [5, 5.41) is 15.5. The van der Waals surface area contributed by atoms with Crippen molar-refractivity contribution in [2.24, 2.45) is 5.92 Å². The molecule has 0 saturated carbocycles. The van der Waals surface area contributed by atoms with Gasteiger partial charge in [0.1, 0.15) is 11.0 Å². The SMILES string of the molecule is CCOC(=O)C(CCc1ccccc1)N[C@H]1CSN(c2cccs2)CC(CC(=O)O)C1=O. The van der Waals surface area contributed by atoms with Crippen molar-refractivity contribution in [2.45, 2.75) is 38.3 Å². The number of hydrogen-bond donors (Lipinski definition) is 2. The summed E-state index contributed by atoms with van der Waals surface area (Å²) in [6, 6.07) is 12.4. The quantitative estimate of drug-likeness (QED) is 0.398. The number of ketones is 1. The molecular weight excluding hydrogens is 448 g/mol. The number of thiophene rings is 1. The minimum atomic E-state index is -1.01. The molecule has 0 amide bonds. The lowest BCUT2D eigenvalue weighted by Gasteiger charge is -2.24. The molecule has 2 N–H and O–H groups in total. The summed E-state index contributed by atoms with van der Waals surface area (Å²) in [6.07, 6.45) is 0.897. The van der Waals surface area contributed by atoms with Crippen LogP contribution in [0.15, 0.2) is 47.8 Å². The molecule has 32 heavy (non-hydrogen) atoms. The van der Waals surface area contributed by atoms with E-state index in [9.17, 15) is 19.5 Å². The lowest BCUT2D eigenvalue weighted by Crippen LogP contribution is -2.50. The van der Waals surface area contributed by atoms with Gasteiger partial charge in [-0.2, -0.15) is 0 Å². The van der Waals surface area contributed by atoms with Crippen LogP contribution in [0.3, 0.4) is 0 Å². The number of carbonyl (C=O) groups is 3. The number of Topliss-reactive ketones (excluding diaryl/α,β-unsaturated/α-hetero) is 1. The van der Waals surface area contributed by atoms with Crippen molar-refractivity contribution < 1.29 is 24.2 Å². The standard InChI is InChI=1S/C23H28N2O5S2/c1-2-30-23(29)18(11-10-16-7-4-3-5-8-16)24-19-15-32-25(20-9-6-12-31-20)14-17(22(19)28)13-21(26)27/h3-9,12,17-19,24H,2,10-11,13-15H2,1H3,(H,26,27)/t17?,18?,19-/m0/s1. The Morgan fingerprint density at radius 1 is 1.25 bits per heavy atom. The fourth-order valence-electron chi connectivity index (χ4n) is 3.66. The van der Waals surface area contributed by atoms with Crippen molar-refractivity contribution in [1.29, 1.82) is 0 Å². The summed E-state index contributed by atoms with van der Waals surface area (Å²) in [5.41, 5.74) is 1.10. The van der Waals surface area contributed by atoms with Crippen molar-refractivity contribution in [2.75, 3.05) is 23.2 Å². The van der Waals surface area contributed by atoms with Gasteiger partial charge in [0.15, 0.2) is 5.78 Å². The molecule has 7 nitrogen and oxygen atoms in total. The highest BCUT2D eigenvalue weighted by Crippen LogP contribution is 2.32. The molecule has 172 valence electrons. The second kappa shape index (κ2) is 12.0. The van der Waals surface area contributed by atoms with Crippen LogP contribution in [0.2, 0.25) is 0 Å². The molecule has 3 atom stereocenters. The summed E-state index contributed by atoms with van der Waals surface area (Å²) in [7, 11) is 0. The first-order chi connectivity index (χ1) is 15.5. The van der Waals surface area contributed by atoms with Gasteiger partial charge < -0.3 is 14.1 Å². The zero-order chi connectivity index (χ0) is 22.9. The molecule has 1 aromatic heterocycles. The van der Waals surface area contributed by atoms with E-state index >= 15 is 0 Å². The number of carbonyl (C=O) groups excluding carboxylic acids is 2. The van der Waals surface area contributed by atoms with Crippen molar-refractivity contribution in [1.82, 2.24) is 5.32 Å². The number of nitrogens with one attached hydrogen (secondary N) is 1. The highest BCUT2D eigenvalue weighted by molar-refractivity contribution is 8.00. The third-order valence-corrected chi connectivity index (χ3v) is 7.39. The fraction of sp³-hybridized carbons (Fsp3) is 0.435. The molecule has 2 heterocycles. The lowest BCUT2D eigenvalue weighted by molar-refractivity contribution is -0.146. The molecule has 1 aliphatic heterocycles. The van der Waals surface area contributed by atoms with Crippen LogP contribution < -0.4 is 9.62 Å². The maximum Gasteiger partial charge on any atom is 0.323 e. The van der Waals surface area contributed by atoms with Crippen LogP contribution in [0.4, 0.5) is 5.00 Å². The molecule has 1 aromatic carbocycles. The Bertz CT molecular complexity index is 891. The Kier molecular flexibility index (Phi) is 9.13. The number of benzene rings is 1. The molecule has 0 spiro atoms. The van der Waals surface area contributed by atoms with E-state index in [1.165, 1.54) is 11.9 Å². The third kappa shape index (κ3) is 6.82. The van der Waals surface area contributed by atoms with Gasteiger partial charge in [0, 0.05) is 18.2 Å². The number of aliphatic carboxylic acids is 1. The highest BCUT2D eigenvalue weighted by Gasteiger charge is 2.37. The van der Waals surface area contributed by atoms with E-state index in [1.807, 2.05) is 52.1 Å². The number of ether oxygens (including phenoxy) is 1. The normalized spacial score (nSPS) is 19.9. The molecule has 0 radical (unpaired) electrons. The predicted octanol–water partition coefficient (Wildman–Crippen LogP) is 3.40. The molecule has 1 saturated heterocycles. The molecule has 0 bridgehead atoms. The van der Waals surface area contributed by atoms with Crippen LogP contribution in [-0.4, -0.2) is 53.8 Å². The van der Waals surface area contributed by atoms with E-state index in [1.54, 1.807) is 18.3 Å². The minimum absolute atomic E-state index is 0.173. The summed E-state index contributed by atoms with van der Waals surface area (Å²) < 4.78 is 7.24. The van der Waals surface area contributed by atoms with Crippen molar-refractivity contribution in [3.8, 4) is 0 Å². The monoisotopic (exact) mass is 476 g/mol. The van der Waals surface area contributed by atoms with Gasteiger partial charge in [-0.15, -0.1) is 11.3 Å². The first kappa shape index (κ1) is 24.3. The van der Waals surface area contributed by atoms with Crippen LogP contribution in [0.5, 0.6) is 0 Å². The highest BCUT2D eigenvalue weighted by atomic mass is 32.2. The zero-order valence-corrected chi connectivity index (χ0v) is 19.6. The van der Waals surface area contributed by atoms with Gasteiger partial charge in [-0.1, -0.05) is 30.3 Å². The van der Waals surface area contributed by atoms with Gasteiger partial charge in [-0.25, -0.2) is 0 Å². The van der Waals surface area contributed by atoms with Gasteiger partial charge in [0.2, 0.25) is 0 Å². The van der Waals surface area contributed by atoms with Crippen molar-refractivity contribution in [3.05, 3.63) is 53.4 Å². The molecule has 3 rings (SSSR count). The topological polar surface area (TPSA) is 95.9 Å². The molecule has 0 aliphatic carbocycles. The van der Waals surface area contributed by atoms with E-state index in [-0.39, 0.29) is 18.8 Å². The average Bonchev–Trinajstić information content (AvgIpc) is 3.27. The summed E-state index contributed by atoms with van der Waals surface area (Å²) in [6.45, 7) is 2.33. The number of esters is 1. The first-order valence-electron chi connectivity index (χ1n) is 10.6. The summed E-state index contributed by atoms with van der Waals surface area (Å²) in [4.78, 5) is 37.3. The number of carboxylic acids is 1. The number of nitrogens with zero attached hydrogens (tertiary/aromatic N) is 1. The number of hydrogen-bond acceptors (Lipinski definition) is 8. The van der Waals surface area contributed by atoms with Crippen LogP contribution in [0.1, 0.15) is 25.3 Å². The van der Waals surface area contributed by atoms with Gasteiger partial charge in [-0.05, 0) is 54.8 Å². The van der Waals surface area contributed by atoms with Crippen molar-refractivity contribution >= 4 is 46.0 Å². The Balaban J connectivity index is 1.75. The smallest absolute Gasteiger partial charge is 0.323 e. The van der Waals surface area contributed by atoms with Crippen LogP contribution in [0.25, 0.3) is 0 Å². The first-order valence-corrected chi connectivity index (χ1v) is 12.5. The summed E-state index contributed by atoms with van der Waals surface area (Å²) >= 11 is 3.03. The molecule has 2 unspecified atom stereocenters. The Morgan fingerprint density at radius 3 is 2.69 bits per heavy atom. The van der Waals surface area contributed by atoms with Gasteiger partial charge in [0.05, 0.1) is 19.1 Å². The Hall–Kier alpha value is -2.36. The lowest BCUT2D eigenvalue weighted by atomic mass is 9.94. The van der Waals surface area contributed by atoms with E-state index in [2.05, 4.69) is 5.32 Å². The van der Waals surface area contributed by atoms with E-state index in [0.29, 0.717) is 25.1 Å². The Labute approximate surface area is 196 Å². The van der Waals surface area contributed by atoms with Crippen molar-refractivity contribution in [3.63, 3.8) is 0 Å². The molecule has 1 fully saturated rings. The maximum atomic E-state index is 13.3. The maximum absolute atomic E-state index is 13.3. The molecule has 2 aromatic rings. The average molecular weight is 477 g/mol. The minimum Gasteiger partial charge on any atom is -0.481 e. The fourth-order valence-corrected chi connectivity index (χ4v) is 5.65.